The molecule has 1 aromatic carbocycles. The number of nitrogens with two attached hydrogens (primary N) is 1. The van der Waals surface area contributed by atoms with Crippen molar-refractivity contribution in [1.29, 1.82) is 0 Å². The lowest BCUT2D eigenvalue weighted by molar-refractivity contribution is 0.563. The Balaban J connectivity index is 2.80. The summed E-state index contributed by atoms with van der Waals surface area (Å²) in [5, 5.41) is 0.419. The van der Waals surface area contributed by atoms with Crippen molar-refractivity contribution >= 4 is 39.1 Å². The summed E-state index contributed by atoms with van der Waals surface area (Å²) in [6, 6.07) is 4.36. The van der Waals surface area contributed by atoms with Gasteiger partial charge in [0.2, 0.25) is 10.0 Å². The van der Waals surface area contributed by atoms with Crippen LogP contribution >= 0.6 is 23.4 Å². The van der Waals surface area contributed by atoms with E-state index in [2.05, 4.69) is 4.72 Å². The standard InChI is InChI=1S/C11H17ClN2O2S2/c1-8(7-17-2)6-14-18(15,16)11-4-3-9(12)5-10(11)13/h3-5,8,14H,6-7,13H2,1-2H3. The van der Waals surface area contributed by atoms with E-state index in [4.69, 9.17) is 17.3 Å². The SMILES string of the molecule is CSCC(C)CNS(=O)(=O)c1ccc(Cl)cc1N. The Morgan fingerprint density at radius 1 is 1.50 bits per heavy atom. The normalized spacial score (nSPS) is 13.5. The van der Waals surface area contributed by atoms with Gasteiger partial charge in [-0.2, -0.15) is 11.8 Å². The van der Waals surface area contributed by atoms with Crippen LogP contribution in [0.2, 0.25) is 5.02 Å². The molecule has 1 rings (SSSR count). The first-order valence-electron chi connectivity index (χ1n) is 5.40. The van der Waals surface area contributed by atoms with Crippen LogP contribution in [0.15, 0.2) is 23.1 Å². The summed E-state index contributed by atoms with van der Waals surface area (Å²) in [6.07, 6.45) is 1.99. The highest BCUT2D eigenvalue weighted by atomic mass is 35.5. The lowest BCUT2D eigenvalue weighted by Crippen LogP contribution is -2.29. The Morgan fingerprint density at radius 2 is 2.17 bits per heavy atom. The summed E-state index contributed by atoms with van der Waals surface area (Å²) in [5.74, 6) is 1.17. The van der Waals surface area contributed by atoms with Crippen molar-refractivity contribution in [3.63, 3.8) is 0 Å². The van der Waals surface area contributed by atoms with Crippen LogP contribution in [0.5, 0.6) is 0 Å². The Kier molecular flexibility index (Phi) is 5.78. The molecule has 7 heteroatoms. The summed E-state index contributed by atoms with van der Waals surface area (Å²) >= 11 is 7.42. The van der Waals surface area contributed by atoms with Crippen LogP contribution in [0.25, 0.3) is 0 Å². The van der Waals surface area contributed by atoms with E-state index in [0.717, 1.165) is 5.75 Å². The molecule has 0 aliphatic carbocycles. The van der Waals surface area contributed by atoms with Crippen molar-refractivity contribution in [2.24, 2.45) is 5.92 Å². The molecule has 0 heterocycles. The molecule has 0 amide bonds. The van der Waals surface area contributed by atoms with Crippen LogP contribution in [0.4, 0.5) is 5.69 Å². The van der Waals surface area contributed by atoms with E-state index in [1.54, 1.807) is 11.8 Å². The van der Waals surface area contributed by atoms with Crippen LogP contribution in [0.1, 0.15) is 6.92 Å². The third-order valence-corrected chi connectivity index (χ3v) is 4.97. The minimum absolute atomic E-state index is 0.0725. The first kappa shape index (κ1) is 15.6. The lowest BCUT2D eigenvalue weighted by atomic mass is 10.2. The van der Waals surface area contributed by atoms with E-state index in [-0.39, 0.29) is 16.5 Å². The van der Waals surface area contributed by atoms with Gasteiger partial charge in [0.15, 0.2) is 0 Å². The van der Waals surface area contributed by atoms with Gasteiger partial charge >= 0.3 is 0 Å². The molecule has 0 saturated heterocycles. The Labute approximate surface area is 117 Å². The number of anilines is 1. The number of rotatable bonds is 6. The fourth-order valence-corrected chi connectivity index (χ4v) is 3.58. The van der Waals surface area contributed by atoms with Crippen molar-refractivity contribution in [1.82, 2.24) is 4.72 Å². The molecule has 0 aliphatic heterocycles. The largest absolute Gasteiger partial charge is 0.398 e. The van der Waals surface area contributed by atoms with Gasteiger partial charge in [-0.25, -0.2) is 13.1 Å². The quantitative estimate of drug-likeness (QED) is 0.790. The molecular formula is C11H17ClN2O2S2. The van der Waals surface area contributed by atoms with E-state index in [0.29, 0.717) is 11.6 Å². The molecule has 0 fully saturated rings. The summed E-state index contributed by atoms with van der Waals surface area (Å²) in [6.45, 7) is 2.38. The van der Waals surface area contributed by atoms with Gasteiger partial charge in [0, 0.05) is 11.6 Å². The van der Waals surface area contributed by atoms with Gasteiger partial charge in [-0.05, 0) is 36.1 Å². The zero-order valence-electron chi connectivity index (χ0n) is 10.3. The molecule has 0 radical (unpaired) electrons. The number of nitrogen functional groups attached to an aromatic ring is 1. The molecule has 1 atom stereocenters. The Hall–Kier alpha value is -0.430. The number of benzene rings is 1. The minimum Gasteiger partial charge on any atom is -0.398 e. The second kappa shape index (κ2) is 6.65. The van der Waals surface area contributed by atoms with E-state index >= 15 is 0 Å². The zero-order valence-corrected chi connectivity index (χ0v) is 12.7. The van der Waals surface area contributed by atoms with Crippen LogP contribution < -0.4 is 10.5 Å². The van der Waals surface area contributed by atoms with Crippen LogP contribution in [-0.2, 0) is 10.0 Å². The highest BCUT2D eigenvalue weighted by molar-refractivity contribution is 7.98. The van der Waals surface area contributed by atoms with E-state index in [9.17, 15) is 8.42 Å². The van der Waals surface area contributed by atoms with E-state index in [1.165, 1.54) is 18.2 Å². The van der Waals surface area contributed by atoms with Gasteiger partial charge in [-0.3, -0.25) is 0 Å². The molecule has 3 N–H and O–H groups in total. The summed E-state index contributed by atoms with van der Waals surface area (Å²) in [7, 11) is -3.56. The van der Waals surface area contributed by atoms with Gasteiger partial charge in [-0.1, -0.05) is 18.5 Å². The van der Waals surface area contributed by atoms with Gasteiger partial charge in [-0.15, -0.1) is 0 Å². The molecule has 0 saturated carbocycles. The fourth-order valence-electron chi connectivity index (χ4n) is 1.44. The maximum Gasteiger partial charge on any atom is 0.242 e. The number of thioether (sulfide) groups is 1. The van der Waals surface area contributed by atoms with Crippen molar-refractivity contribution in [3.8, 4) is 0 Å². The maximum absolute atomic E-state index is 12.0. The predicted molar refractivity (Wildman–Crippen MR) is 78.6 cm³/mol. The zero-order chi connectivity index (χ0) is 13.8. The maximum atomic E-state index is 12.0. The van der Waals surface area contributed by atoms with Crippen LogP contribution in [0, 0.1) is 5.92 Å². The van der Waals surface area contributed by atoms with Crippen molar-refractivity contribution in [3.05, 3.63) is 23.2 Å². The van der Waals surface area contributed by atoms with Gasteiger partial charge in [0.25, 0.3) is 0 Å². The number of sulfonamides is 1. The average molecular weight is 309 g/mol. The minimum atomic E-state index is -3.56. The van der Waals surface area contributed by atoms with Crippen LogP contribution in [-0.4, -0.2) is 27.0 Å². The highest BCUT2D eigenvalue weighted by Crippen LogP contribution is 2.22. The molecule has 1 aromatic rings. The lowest BCUT2D eigenvalue weighted by Gasteiger charge is -2.13. The van der Waals surface area contributed by atoms with E-state index < -0.39 is 10.0 Å². The molecule has 0 spiro atoms. The molecule has 102 valence electrons. The first-order chi connectivity index (χ1) is 8.36. The smallest absolute Gasteiger partial charge is 0.242 e. The second-order valence-corrected chi connectivity index (χ2v) is 7.18. The molecule has 18 heavy (non-hydrogen) atoms. The summed E-state index contributed by atoms with van der Waals surface area (Å²) in [4.78, 5) is 0.0725. The summed E-state index contributed by atoms with van der Waals surface area (Å²) < 4.78 is 26.6. The van der Waals surface area contributed by atoms with Gasteiger partial charge in [0.1, 0.15) is 4.90 Å². The molecule has 0 aliphatic rings. The number of hydrogen-bond acceptors (Lipinski definition) is 4. The molecule has 4 nitrogen and oxygen atoms in total. The first-order valence-corrected chi connectivity index (χ1v) is 8.66. The third kappa shape index (κ3) is 4.35. The molecule has 0 bridgehead atoms. The average Bonchev–Trinajstić information content (AvgIpc) is 2.26. The topological polar surface area (TPSA) is 72.2 Å². The second-order valence-electron chi connectivity index (χ2n) is 4.09. The number of nitrogens with one attached hydrogen (secondary N) is 1. The molecule has 0 aromatic heterocycles. The fraction of sp³-hybridized carbons (Fsp3) is 0.455. The van der Waals surface area contributed by atoms with Crippen molar-refractivity contribution < 1.29 is 8.42 Å². The Morgan fingerprint density at radius 3 is 2.72 bits per heavy atom. The molecule has 1 unspecified atom stereocenters. The number of hydrogen-bond donors (Lipinski definition) is 2. The van der Waals surface area contributed by atoms with Crippen molar-refractivity contribution in [2.45, 2.75) is 11.8 Å². The summed E-state index contributed by atoms with van der Waals surface area (Å²) in [5.41, 5.74) is 5.82. The predicted octanol–water partition coefficient (Wildman–Crippen LogP) is 2.20. The van der Waals surface area contributed by atoms with Crippen LogP contribution in [0.3, 0.4) is 0 Å². The Bertz CT molecular complexity index is 506. The van der Waals surface area contributed by atoms with Gasteiger partial charge < -0.3 is 5.73 Å². The third-order valence-electron chi connectivity index (χ3n) is 2.33. The number of halogens is 1. The monoisotopic (exact) mass is 308 g/mol. The van der Waals surface area contributed by atoms with Crippen molar-refractivity contribution in [2.75, 3.05) is 24.3 Å². The van der Waals surface area contributed by atoms with E-state index in [1.807, 2.05) is 13.2 Å². The highest BCUT2D eigenvalue weighted by Gasteiger charge is 2.18. The molecular weight excluding hydrogens is 292 g/mol. The van der Waals surface area contributed by atoms with Gasteiger partial charge in [0.05, 0.1) is 5.69 Å².